The van der Waals surface area contributed by atoms with E-state index in [1.54, 1.807) is 24.8 Å². The minimum atomic E-state index is -0.264. The highest BCUT2D eigenvalue weighted by molar-refractivity contribution is 7.13. The van der Waals surface area contributed by atoms with Crippen molar-refractivity contribution in [2.45, 2.75) is 12.8 Å². The van der Waals surface area contributed by atoms with Gasteiger partial charge in [-0.05, 0) is 29.3 Å². The van der Waals surface area contributed by atoms with Gasteiger partial charge in [-0.15, -0.1) is 11.3 Å². The van der Waals surface area contributed by atoms with Crippen LogP contribution in [0.2, 0.25) is 0 Å². The Labute approximate surface area is 173 Å². The van der Waals surface area contributed by atoms with E-state index in [0.717, 1.165) is 12.0 Å². The van der Waals surface area contributed by atoms with E-state index in [0.29, 0.717) is 28.9 Å². The maximum atomic E-state index is 11.9. The van der Waals surface area contributed by atoms with Crippen molar-refractivity contribution in [2.24, 2.45) is 5.10 Å². The molecule has 0 atom stereocenters. The van der Waals surface area contributed by atoms with Crippen molar-refractivity contribution in [3.8, 4) is 11.5 Å². The Kier molecular flexibility index (Phi) is 7.18. The van der Waals surface area contributed by atoms with Gasteiger partial charge in [-0.2, -0.15) is 5.10 Å². The molecule has 3 aromatic rings. The molecule has 29 heavy (non-hydrogen) atoms. The summed E-state index contributed by atoms with van der Waals surface area (Å²) in [6.45, 7) is 0.547. The minimum Gasteiger partial charge on any atom is -0.493 e. The minimum absolute atomic E-state index is 0.128. The third-order valence-electron chi connectivity index (χ3n) is 3.99. The van der Waals surface area contributed by atoms with E-state index in [1.165, 1.54) is 16.9 Å². The number of nitrogens with zero attached hydrogens (tertiary/aromatic N) is 2. The van der Waals surface area contributed by atoms with Gasteiger partial charge in [0.05, 0.1) is 32.0 Å². The van der Waals surface area contributed by atoms with Gasteiger partial charge in [0.1, 0.15) is 0 Å². The predicted octanol–water partition coefficient (Wildman–Crippen LogP) is 3.05. The second-order valence-corrected chi connectivity index (χ2v) is 7.03. The van der Waals surface area contributed by atoms with Gasteiger partial charge in [0.2, 0.25) is 5.91 Å². The molecule has 150 valence electrons. The van der Waals surface area contributed by atoms with Gasteiger partial charge in [-0.25, -0.2) is 10.4 Å². The van der Waals surface area contributed by atoms with Crippen LogP contribution in [0.5, 0.6) is 11.5 Å². The van der Waals surface area contributed by atoms with Gasteiger partial charge in [-0.1, -0.05) is 30.3 Å². The van der Waals surface area contributed by atoms with E-state index in [1.807, 2.05) is 30.3 Å². The fourth-order valence-corrected chi connectivity index (χ4v) is 3.16. The Balaban J connectivity index is 1.52. The van der Waals surface area contributed by atoms with E-state index < -0.39 is 0 Å². The number of carbonyl (C=O) groups is 1. The fraction of sp³-hybridized carbons (Fsp3) is 0.190. The lowest BCUT2D eigenvalue weighted by molar-refractivity contribution is -0.120. The summed E-state index contributed by atoms with van der Waals surface area (Å²) >= 11 is 1.30. The number of methoxy groups -OCH3 is 1. The molecule has 1 aromatic heterocycles. The first kappa shape index (κ1) is 20.3. The van der Waals surface area contributed by atoms with Crippen LogP contribution in [0.15, 0.2) is 59.0 Å². The topological polar surface area (TPSA) is 98.8 Å². The molecule has 0 unspecified atom stereocenters. The van der Waals surface area contributed by atoms with Crippen molar-refractivity contribution in [2.75, 3.05) is 19.5 Å². The first-order valence-corrected chi connectivity index (χ1v) is 9.88. The number of nitrogen functional groups attached to an aromatic ring is 1. The number of nitrogens with two attached hydrogens (primary N) is 1. The van der Waals surface area contributed by atoms with Crippen LogP contribution in [0, 0.1) is 0 Å². The fourth-order valence-electron chi connectivity index (χ4n) is 2.59. The Hall–Kier alpha value is -3.39. The summed E-state index contributed by atoms with van der Waals surface area (Å²) in [7, 11) is 1.58. The highest BCUT2D eigenvalue weighted by Crippen LogP contribution is 2.27. The van der Waals surface area contributed by atoms with Crippen molar-refractivity contribution in [3.05, 3.63) is 70.7 Å². The molecule has 0 bridgehead atoms. The first-order chi connectivity index (χ1) is 14.1. The SMILES string of the molecule is COc1cc(/C=N/NC(=O)Cc2csc(N)n2)ccc1OCCc1ccccc1. The molecule has 0 spiro atoms. The molecule has 0 aliphatic rings. The maximum Gasteiger partial charge on any atom is 0.246 e. The number of anilines is 1. The zero-order valence-corrected chi connectivity index (χ0v) is 16.8. The molecule has 0 saturated carbocycles. The molecule has 0 aliphatic heterocycles. The number of benzene rings is 2. The second-order valence-electron chi connectivity index (χ2n) is 6.14. The third-order valence-corrected chi connectivity index (χ3v) is 4.72. The number of hydrogen-bond acceptors (Lipinski definition) is 7. The van der Waals surface area contributed by atoms with Gasteiger partial charge in [0.15, 0.2) is 16.6 Å². The maximum absolute atomic E-state index is 11.9. The van der Waals surface area contributed by atoms with Crippen molar-refractivity contribution in [3.63, 3.8) is 0 Å². The Morgan fingerprint density at radius 3 is 2.79 bits per heavy atom. The Morgan fingerprint density at radius 1 is 1.24 bits per heavy atom. The summed E-state index contributed by atoms with van der Waals surface area (Å²) in [4.78, 5) is 15.9. The molecule has 0 radical (unpaired) electrons. The van der Waals surface area contributed by atoms with Crippen LogP contribution in [0.1, 0.15) is 16.8 Å². The second kappa shape index (κ2) is 10.2. The van der Waals surface area contributed by atoms with E-state index in [2.05, 4.69) is 27.6 Å². The predicted molar refractivity (Wildman–Crippen MR) is 115 cm³/mol. The van der Waals surface area contributed by atoms with E-state index in [-0.39, 0.29) is 12.3 Å². The van der Waals surface area contributed by atoms with Crippen molar-refractivity contribution < 1.29 is 14.3 Å². The lowest BCUT2D eigenvalue weighted by Gasteiger charge is -2.11. The number of amides is 1. The third kappa shape index (κ3) is 6.32. The molecule has 2 aromatic carbocycles. The van der Waals surface area contributed by atoms with Crippen molar-refractivity contribution in [1.29, 1.82) is 0 Å². The largest absolute Gasteiger partial charge is 0.493 e. The van der Waals surface area contributed by atoms with E-state index in [9.17, 15) is 4.79 Å². The number of aromatic nitrogens is 1. The van der Waals surface area contributed by atoms with Crippen LogP contribution < -0.4 is 20.6 Å². The number of hydrazone groups is 1. The molecule has 8 heteroatoms. The highest BCUT2D eigenvalue weighted by atomic mass is 32.1. The summed E-state index contributed by atoms with van der Waals surface area (Å²) in [6.07, 6.45) is 2.48. The standard InChI is InChI=1S/C21H22N4O3S/c1-27-19-11-16(13-23-25-20(26)12-17-14-29-21(22)24-17)7-8-18(19)28-10-9-15-5-3-2-4-6-15/h2-8,11,13-14H,9-10,12H2,1H3,(H2,22,24)(H,25,26)/b23-13+. The number of thiazole rings is 1. The molecular formula is C21H22N4O3S. The van der Waals surface area contributed by atoms with Crippen LogP contribution in [-0.2, 0) is 17.6 Å². The van der Waals surface area contributed by atoms with Crippen LogP contribution in [0.25, 0.3) is 0 Å². The van der Waals surface area contributed by atoms with Crippen molar-refractivity contribution >= 4 is 28.6 Å². The molecule has 0 fully saturated rings. The summed E-state index contributed by atoms with van der Waals surface area (Å²) in [5, 5.41) is 6.16. The van der Waals surface area contributed by atoms with Gasteiger partial charge >= 0.3 is 0 Å². The van der Waals surface area contributed by atoms with Gasteiger partial charge in [0.25, 0.3) is 0 Å². The number of rotatable bonds is 9. The highest BCUT2D eigenvalue weighted by Gasteiger charge is 2.07. The Morgan fingerprint density at radius 2 is 2.07 bits per heavy atom. The summed E-state index contributed by atoms with van der Waals surface area (Å²) in [5.41, 5.74) is 10.6. The van der Waals surface area contributed by atoms with E-state index >= 15 is 0 Å². The molecule has 0 aliphatic carbocycles. The zero-order chi connectivity index (χ0) is 20.5. The zero-order valence-electron chi connectivity index (χ0n) is 16.0. The average molecular weight is 410 g/mol. The van der Waals surface area contributed by atoms with Crippen LogP contribution in [0.3, 0.4) is 0 Å². The molecular weight excluding hydrogens is 388 g/mol. The monoisotopic (exact) mass is 410 g/mol. The smallest absolute Gasteiger partial charge is 0.246 e. The number of nitrogens with one attached hydrogen (secondary N) is 1. The van der Waals surface area contributed by atoms with Gasteiger partial charge < -0.3 is 15.2 Å². The summed E-state index contributed by atoms with van der Waals surface area (Å²) < 4.78 is 11.2. The van der Waals surface area contributed by atoms with Gasteiger partial charge in [0, 0.05) is 11.8 Å². The summed E-state index contributed by atoms with van der Waals surface area (Å²) in [5.74, 6) is 0.997. The molecule has 3 rings (SSSR count). The normalized spacial score (nSPS) is 10.8. The van der Waals surface area contributed by atoms with Gasteiger partial charge in [-0.3, -0.25) is 4.79 Å². The van der Waals surface area contributed by atoms with E-state index in [4.69, 9.17) is 15.2 Å². The van der Waals surface area contributed by atoms with Crippen LogP contribution >= 0.6 is 11.3 Å². The number of ether oxygens (including phenoxy) is 2. The number of carbonyl (C=O) groups excluding carboxylic acids is 1. The Bertz CT molecular complexity index is 973. The molecule has 1 heterocycles. The summed E-state index contributed by atoms with van der Waals surface area (Å²) in [6, 6.07) is 15.6. The quantitative estimate of drug-likeness (QED) is 0.417. The first-order valence-electron chi connectivity index (χ1n) is 9.00. The van der Waals surface area contributed by atoms with Crippen LogP contribution in [-0.4, -0.2) is 30.8 Å². The molecule has 7 nitrogen and oxygen atoms in total. The average Bonchev–Trinajstić information content (AvgIpc) is 3.14. The lowest BCUT2D eigenvalue weighted by atomic mass is 10.2. The number of hydrogen-bond donors (Lipinski definition) is 2. The molecule has 3 N–H and O–H groups in total. The van der Waals surface area contributed by atoms with Crippen LogP contribution in [0.4, 0.5) is 5.13 Å². The molecule has 0 saturated heterocycles. The lowest BCUT2D eigenvalue weighted by Crippen LogP contribution is -2.19. The molecule has 1 amide bonds. The van der Waals surface area contributed by atoms with Crippen molar-refractivity contribution in [1.82, 2.24) is 10.4 Å².